The first kappa shape index (κ1) is 13.4. The molecule has 0 aromatic carbocycles. The topological polar surface area (TPSA) is 63.5 Å². The van der Waals surface area contributed by atoms with E-state index >= 15 is 0 Å². The molecule has 0 amide bonds. The largest absolute Gasteiger partial charge is 0.279 e. The molecule has 2 aromatic heterocycles. The number of aromatic nitrogens is 2. The molecule has 104 valence electrons. The summed E-state index contributed by atoms with van der Waals surface area (Å²) in [5.41, 5.74) is 0.0813. The van der Waals surface area contributed by atoms with Gasteiger partial charge in [0.1, 0.15) is 0 Å². The number of rotatable bonds is 4. The Morgan fingerprint density at radius 2 is 2.32 bits per heavy atom. The van der Waals surface area contributed by atoms with Crippen molar-refractivity contribution in [3.8, 4) is 0 Å². The van der Waals surface area contributed by atoms with Crippen LogP contribution in [0.4, 0.5) is 0 Å². The van der Waals surface area contributed by atoms with Crippen molar-refractivity contribution in [3.63, 3.8) is 0 Å². The van der Waals surface area contributed by atoms with E-state index in [-0.39, 0.29) is 15.6 Å². The molecule has 1 N–H and O–H groups in total. The molecule has 8 heteroatoms. The van der Waals surface area contributed by atoms with Gasteiger partial charge in [-0.3, -0.25) is 4.40 Å². The third-order valence-corrected chi connectivity index (χ3v) is 6.24. The predicted molar refractivity (Wildman–Crippen MR) is 75.2 cm³/mol. The predicted octanol–water partition coefficient (Wildman–Crippen LogP) is 2.52. The number of fused-ring (bicyclic) bond motifs is 1. The van der Waals surface area contributed by atoms with E-state index in [4.69, 9.17) is 11.6 Å². The Morgan fingerprint density at radius 3 is 2.95 bits per heavy atom. The second-order valence-corrected chi connectivity index (χ2v) is 8.17. The van der Waals surface area contributed by atoms with Gasteiger partial charge in [0.2, 0.25) is 0 Å². The first-order valence-electron chi connectivity index (χ1n) is 6.02. The van der Waals surface area contributed by atoms with Crippen molar-refractivity contribution in [1.29, 1.82) is 0 Å². The molecule has 2 aromatic rings. The number of nitrogens with one attached hydrogen (secondary N) is 1. The molecule has 2 heterocycles. The summed E-state index contributed by atoms with van der Waals surface area (Å²) in [6, 6.07) is 0. The van der Waals surface area contributed by atoms with Crippen molar-refractivity contribution in [3.05, 3.63) is 16.7 Å². The van der Waals surface area contributed by atoms with Crippen molar-refractivity contribution >= 4 is 37.9 Å². The minimum Gasteiger partial charge on any atom is -0.279 e. The van der Waals surface area contributed by atoms with Crippen molar-refractivity contribution < 1.29 is 8.42 Å². The molecule has 19 heavy (non-hydrogen) atoms. The lowest BCUT2D eigenvalue weighted by molar-refractivity contribution is 0.166. The number of hydrogen-bond acceptors (Lipinski definition) is 4. The molecule has 0 aliphatic heterocycles. The molecule has 5 nitrogen and oxygen atoms in total. The van der Waals surface area contributed by atoms with Crippen molar-refractivity contribution in [2.75, 3.05) is 6.54 Å². The molecule has 1 saturated carbocycles. The monoisotopic (exact) mass is 319 g/mol. The van der Waals surface area contributed by atoms with Gasteiger partial charge in [-0.25, -0.2) is 18.1 Å². The number of nitrogens with zero attached hydrogens (tertiary/aromatic N) is 2. The molecule has 1 aliphatic carbocycles. The van der Waals surface area contributed by atoms with Crippen molar-refractivity contribution in [2.45, 2.75) is 31.2 Å². The summed E-state index contributed by atoms with van der Waals surface area (Å²) < 4.78 is 28.9. The molecular weight excluding hydrogens is 306 g/mol. The molecule has 0 spiro atoms. The van der Waals surface area contributed by atoms with Gasteiger partial charge in [0.05, 0.1) is 0 Å². The summed E-state index contributed by atoms with van der Waals surface area (Å²) in [7, 11) is -3.63. The summed E-state index contributed by atoms with van der Waals surface area (Å²) in [4.78, 5) is 4.63. The number of hydrogen-bond donors (Lipinski definition) is 1. The van der Waals surface area contributed by atoms with Crippen LogP contribution in [0.25, 0.3) is 4.96 Å². The second-order valence-electron chi connectivity index (χ2n) is 5.25. The lowest BCUT2D eigenvalue weighted by atomic mass is 9.71. The lowest BCUT2D eigenvalue weighted by Crippen LogP contribution is -2.40. The van der Waals surface area contributed by atoms with E-state index < -0.39 is 10.0 Å². The van der Waals surface area contributed by atoms with Crippen LogP contribution in [0.3, 0.4) is 0 Å². The molecular formula is C11H14ClN3O2S2. The molecule has 3 rings (SSSR count). The molecule has 0 radical (unpaired) electrons. The summed E-state index contributed by atoms with van der Waals surface area (Å²) in [6.07, 6.45) is 4.95. The van der Waals surface area contributed by atoms with E-state index in [0.29, 0.717) is 11.5 Å². The maximum absolute atomic E-state index is 12.4. The van der Waals surface area contributed by atoms with Crippen molar-refractivity contribution in [1.82, 2.24) is 14.1 Å². The van der Waals surface area contributed by atoms with E-state index in [2.05, 4.69) is 16.6 Å². The highest BCUT2D eigenvalue weighted by molar-refractivity contribution is 7.89. The summed E-state index contributed by atoms with van der Waals surface area (Å²) in [6.45, 7) is 2.54. The summed E-state index contributed by atoms with van der Waals surface area (Å²) >= 11 is 7.30. The number of halogens is 1. The zero-order valence-electron chi connectivity index (χ0n) is 10.4. The Hall–Kier alpha value is -0.630. The standard InChI is InChI=1S/C11H14ClN3O2S2/c1-11(3-2-4-11)7-13-19(16,17)9-8(12)14-10-15(9)5-6-18-10/h5-6,13H,2-4,7H2,1H3. The summed E-state index contributed by atoms with van der Waals surface area (Å²) in [5, 5.41) is 1.84. The van der Waals surface area contributed by atoms with Crippen LogP contribution in [-0.2, 0) is 10.0 Å². The average molecular weight is 320 g/mol. The van der Waals surface area contributed by atoms with Gasteiger partial charge in [-0.2, -0.15) is 0 Å². The highest BCUT2D eigenvalue weighted by Crippen LogP contribution is 2.39. The molecule has 0 unspecified atom stereocenters. The van der Waals surface area contributed by atoms with Crippen LogP contribution in [0.5, 0.6) is 0 Å². The molecule has 0 bridgehead atoms. The maximum Gasteiger partial charge on any atom is 0.259 e. The van der Waals surface area contributed by atoms with E-state index in [1.165, 1.54) is 22.2 Å². The molecule has 0 saturated heterocycles. The highest BCUT2D eigenvalue weighted by atomic mass is 35.5. The highest BCUT2D eigenvalue weighted by Gasteiger charge is 2.34. The Morgan fingerprint density at radius 1 is 1.58 bits per heavy atom. The zero-order chi connectivity index (χ0) is 13.7. The average Bonchev–Trinajstić information content (AvgIpc) is 2.82. The fraction of sp³-hybridized carbons (Fsp3) is 0.545. The van der Waals surface area contributed by atoms with Crippen LogP contribution >= 0.6 is 22.9 Å². The van der Waals surface area contributed by atoms with Gasteiger partial charge in [-0.15, -0.1) is 11.3 Å². The van der Waals surface area contributed by atoms with Gasteiger partial charge in [0.25, 0.3) is 10.0 Å². The SMILES string of the molecule is CC1(CNS(=O)(=O)c2c(Cl)nc3sccn23)CCC1. The Balaban J connectivity index is 1.91. The normalized spacial score (nSPS) is 18.6. The van der Waals surface area contributed by atoms with Gasteiger partial charge in [0.15, 0.2) is 15.1 Å². The lowest BCUT2D eigenvalue weighted by Gasteiger charge is -2.38. The molecule has 0 atom stereocenters. The van der Waals surface area contributed by atoms with E-state index in [0.717, 1.165) is 12.8 Å². The quantitative estimate of drug-likeness (QED) is 0.941. The van der Waals surface area contributed by atoms with Gasteiger partial charge in [-0.05, 0) is 18.3 Å². The van der Waals surface area contributed by atoms with E-state index in [9.17, 15) is 8.42 Å². The maximum atomic E-state index is 12.4. The van der Waals surface area contributed by atoms with Crippen LogP contribution in [0.2, 0.25) is 5.15 Å². The van der Waals surface area contributed by atoms with Crippen molar-refractivity contribution in [2.24, 2.45) is 5.41 Å². The number of sulfonamides is 1. The van der Waals surface area contributed by atoms with Crippen LogP contribution in [0.15, 0.2) is 16.6 Å². The van der Waals surface area contributed by atoms with Gasteiger partial charge >= 0.3 is 0 Å². The van der Waals surface area contributed by atoms with Crippen LogP contribution in [0.1, 0.15) is 26.2 Å². The zero-order valence-corrected chi connectivity index (χ0v) is 12.8. The Bertz CT molecular complexity index is 715. The number of imidazole rings is 1. The Labute approximate surface area is 120 Å². The smallest absolute Gasteiger partial charge is 0.259 e. The third kappa shape index (κ3) is 2.29. The third-order valence-electron chi connectivity index (χ3n) is 3.68. The first-order chi connectivity index (χ1) is 8.91. The Kier molecular flexibility index (Phi) is 3.12. The fourth-order valence-corrected chi connectivity index (χ4v) is 4.92. The van der Waals surface area contributed by atoms with Crippen LogP contribution in [0, 0.1) is 5.41 Å². The van der Waals surface area contributed by atoms with Crippen LogP contribution < -0.4 is 4.72 Å². The fourth-order valence-electron chi connectivity index (χ4n) is 2.27. The van der Waals surface area contributed by atoms with Crippen LogP contribution in [-0.4, -0.2) is 24.3 Å². The van der Waals surface area contributed by atoms with E-state index in [1.807, 2.05) is 0 Å². The molecule has 1 aliphatic rings. The minimum absolute atomic E-state index is 0.0260. The van der Waals surface area contributed by atoms with Gasteiger partial charge in [-0.1, -0.05) is 24.9 Å². The van der Waals surface area contributed by atoms with Gasteiger partial charge < -0.3 is 0 Å². The second kappa shape index (κ2) is 4.44. The van der Waals surface area contributed by atoms with E-state index in [1.54, 1.807) is 11.6 Å². The summed E-state index contributed by atoms with van der Waals surface area (Å²) in [5.74, 6) is 0. The number of thiazole rings is 1. The van der Waals surface area contributed by atoms with Gasteiger partial charge in [0, 0.05) is 18.1 Å². The first-order valence-corrected chi connectivity index (χ1v) is 8.76. The minimum atomic E-state index is -3.63. The molecule has 1 fully saturated rings.